The SMILES string of the molecule is COBNCc1ccc(NC(=O)[C@@H]2CCC3CN2C(=O)N3O)cc1. The minimum absolute atomic E-state index is 0.194. The quantitative estimate of drug-likeness (QED) is 0.395. The number of nitrogens with zero attached hydrogens (tertiary/aromatic N) is 2. The summed E-state index contributed by atoms with van der Waals surface area (Å²) in [4.78, 5) is 25.8. The molecule has 0 aromatic heterocycles. The van der Waals surface area contributed by atoms with Crippen molar-refractivity contribution in [1.82, 2.24) is 15.2 Å². The molecular weight excluding hydrogens is 311 g/mol. The summed E-state index contributed by atoms with van der Waals surface area (Å²) in [5.74, 6) is -0.220. The highest BCUT2D eigenvalue weighted by Crippen LogP contribution is 2.29. The summed E-state index contributed by atoms with van der Waals surface area (Å²) in [5.41, 5.74) is 1.77. The zero-order valence-electron chi connectivity index (χ0n) is 13.6. The van der Waals surface area contributed by atoms with Gasteiger partial charge in [0, 0.05) is 25.9 Å². The van der Waals surface area contributed by atoms with E-state index in [0.29, 0.717) is 39.2 Å². The molecular formula is C15H21BN4O4. The van der Waals surface area contributed by atoms with Gasteiger partial charge in [-0.05, 0) is 30.5 Å². The molecule has 9 heteroatoms. The molecule has 1 aromatic carbocycles. The van der Waals surface area contributed by atoms with E-state index in [2.05, 4.69) is 10.5 Å². The molecule has 2 aliphatic heterocycles. The monoisotopic (exact) mass is 332 g/mol. The van der Waals surface area contributed by atoms with Crippen LogP contribution in [0.4, 0.5) is 10.5 Å². The summed E-state index contributed by atoms with van der Waals surface area (Å²) in [6, 6.07) is 6.29. The highest BCUT2D eigenvalue weighted by molar-refractivity contribution is 6.23. The lowest BCUT2D eigenvalue weighted by Gasteiger charge is -2.29. The van der Waals surface area contributed by atoms with Gasteiger partial charge < -0.3 is 20.1 Å². The van der Waals surface area contributed by atoms with Gasteiger partial charge in [0.25, 0.3) is 0 Å². The van der Waals surface area contributed by atoms with Crippen molar-refractivity contribution >= 4 is 25.2 Å². The number of hydroxylamine groups is 2. The van der Waals surface area contributed by atoms with Crippen molar-refractivity contribution in [3.8, 4) is 0 Å². The molecule has 3 rings (SSSR count). The number of carbonyl (C=O) groups is 2. The van der Waals surface area contributed by atoms with Crippen LogP contribution in [-0.2, 0) is 16.0 Å². The zero-order chi connectivity index (χ0) is 17.1. The third-order valence-electron chi connectivity index (χ3n) is 4.44. The smallest absolute Gasteiger partial charge is 0.360 e. The summed E-state index contributed by atoms with van der Waals surface area (Å²) in [5, 5.41) is 16.4. The van der Waals surface area contributed by atoms with E-state index >= 15 is 0 Å². The van der Waals surface area contributed by atoms with E-state index < -0.39 is 12.1 Å². The van der Waals surface area contributed by atoms with E-state index in [1.54, 1.807) is 7.11 Å². The average Bonchev–Trinajstić information content (AvgIpc) is 2.81. The Bertz CT molecular complexity index is 612. The fourth-order valence-corrected chi connectivity index (χ4v) is 3.15. The molecule has 3 amide bonds. The first-order valence-corrected chi connectivity index (χ1v) is 7.98. The predicted octanol–water partition coefficient (Wildman–Crippen LogP) is 0.285. The number of amides is 3. The average molecular weight is 332 g/mol. The van der Waals surface area contributed by atoms with E-state index in [9.17, 15) is 14.8 Å². The Balaban J connectivity index is 1.58. The molecule has 0 aliphatic carbocycles. The lowest BCUT2D eigenvalue weighted by Crippen LogP contribution is -2.47. The summed E-state index contributed by atoms with van der Waals surface area (Å²) in [6.07, 6.45) is 1.18. The third-order valence-corrected chi connectivity index (χ3v) is 4.44. The van der Waals surface area contributed by atoms with Gasteiger partial charge in [0.15, 0.2) is 0 Å². The number of benzene rings is 1. The summed E-state index contributed by atoms with van der Waals surface area (Å²) in [6.45, 7) is 1.08. The highest BCUT2D eigenvalue weighted by Gasteiger charge is 2.46. The summed E-state index contributed by atoms with van der Waals surface area (Å²) < 4.78 is 4.93. The van der Waals surface area contributed by atoms with Gasteiger partial charge in [-0.25, -0.2) is 9.86 Å². The topological polar surface area (TPSA) is 94.1 Å². The number of urea groups is 1. The largest absolute Gasteiger partial charge is 0.427 e. The van der Waals surface area contributed by atoms with Crippen LogP contribution >= 0.6 is 0 Å². The summed E-state index contributed by atoms with van der Waals surface area (Å²) >= 11 is 0. The number of fused-ring (bicyclic) bond motifs is 2. The Morgan fingerprint density at radius 2 is 2.12 bits per heavy atom. The number of hydrogen-bond acceptors (Lipinski definition) is 5. The van der Waals surface area contributed by atoms with Crippen molar-refractivity contribution in [2.24, 2.45) is 0 Å². The second-order valence-electron chi connectivity index (χ2n) is 6.07. The molecule has 2 atom stereocenters. The molecule has 1 unspecified atom stereocenters. The minimum atomic E-state index is -0.533. The Morgan fingerprint density at radius 1 is 1.38 bits per heavy atom. The molecule has 128 valence electrons. The minimum Gasteiger partial charge on any atom is -0.427 e. The molecule has 3 N–H and O–H groups in total. The number of piperidine rings is 1. The lowest BCUT2D eigenvalue weighted by molar-refractivity contribution is -0.120. The van der Waals surface area contributed by atoms with Crippen molar-refractivity contribution in [1.29, 1.82) is 0 Å². The van der Waals surface area contributed by atoms with E-state index in [0.717, 1.165) is 10.6 Å². The Kier molecular flexibility index (Phi) is 5.03. The second kappa shape index (κ2) is 7.21. The van der Waals surface area contributed by atoms with Gasteiger partial charge in [-0.15, -0.1) is 0 Å². The molecule has 2 fully saturated rings. The second-order valence-corrected chi connectivity index (χ2v) is 6.07. The predicted molar refractivity (Wildman–Crippen MR) is 88.6 cm³/mol. The molecule has 2 aliphatic rings. The van der Waals surface area contributed by atoms with Crippen molar-refractivity contribution in [2.45, 2.75) is 31.5 Å². The van der Waals surface area contributed by atoms with Crippen LogP contribution in [0.1, 0.15) is 18.4 Å². The van der Waals surface area contributed by atoms with Crippen molar-refractivity contribution < 1.29 is 19.5 Å². The van der Waals surface area contributed by atoms with Gasteiger partial charge in [0.2, 0.25) is 5.91 Å². The van der Waals surface area contributed by atoms with Crippen LogP contribution in [0.15, 0.2) is 24.3 Å². The van der Waals surface area contributed by atoms with Crippen LogP contribution in [0.2, 0.25) is 0 Å². The van der Waals surface area contributed by atoms with Gasteiger partial charge in [-0.1, -0.05) is 12.1 Å². The van der Waals surface area contributed by atoms with Gasteiger partial charge in [-0.2, -0.15) is 0 Å². The highest BCUT2D eigenvalue weighted by atomic mass is 16.5. The van der Waals surface area contributed by atoms with Crippen LogP contribution < -0.4 is 10.5 Å². The van der Waals surface area contributed by atoms with E-state index in [-0.39, 0.29) is 11.9 Å². The molecule has 1 aromatic rings. The van der Waals surface area contributed by atoms with E-state index in [1.807, 2.05) is 24.3 Å². The van der Waals surface area contributed by atoms with Crippen LogP contribution in [0, 0.1) is 0 Å². The molecule has 0 saturated carbocycles. The molecule has 2 bridgehead atoms. The van der Waals surface area contributed by atoms with Crippen molar-refractivity contribution in [2.75, 3.05) is 19.0 Å². The van der Waals surface area contributed by atoms with Crippen LogP contribution in [-0.4, -0.2) is 60.5 Å². The number of nitrogens with one attached hydrogen (secondary N) is 2. The Labute approximate surface area is 141 Å². The number of carbonyl (C=O) groups excluding carboxylic acids is 2. The maximum Gasteiger partial charge on any atom is 0.360 e. The zero-order valence-corrected chi connectivity index (χ0v) is 13.6. The van der Waals surface area contributed by atoms with E-state index in [1.165, 1.54) is 4.90 Å². The van der Waals surface area contributed by atoms with Gasteiger partial charge in [0.05, 0.1) is 6.04 Å². The first-order chi connectivity index (χ1) is 11.6. The first kappa shape index (κ1) is 16.8. The van der Waals surface area contributed by atoms with Gasteiger partial charge in [-0.3, -0.25) is 10.0 Å². The van der Waals surface area contributed by atoms with Crippen LogP contribution in [0.3, 0.4) is 0 Å². The maximum absolute atomic E-state index is 12.5. The fourth-order valence-electron chi connectivity index (χ4n) is 3.15. The lowest BCUT2D eigenvalue weighted by atomic mass is 10.00. The summed E-state index contributed by atoms with van der Waals surface area (Å²) in [7, 11) is 2.10. The molecule has 2 heterocycles. The Hall–Kier alpha value is -2.10. The molecule has 0 spiro atoms. The maximum atomic E-state index is 12.5. The first-order valence-electron chi connectivity index (χ1n) is 7.98. The fraction of sp³-hybridized carbons (Fsp3) is 0.467. The Morgan fingerprint density at radius 3 is 2.83 bits per heavy atom. The molecule has 8 nitrogen and oxygen atoms in total. The normalized spacial score (nSPS) is 22.7. The van der Waals surface area contributed by atoms with Crippen molar-refractivity contribution in [3.05, 3.63) is 29.8 Å². The standard InChI is InChI=1S/C15H21BN4O4/c1-24-16-17-8-10-2-4-11(5-3-10)18-14(21)13-7-6-12-9-19(13)15(22)20(12)23/h2-5,12-13,16-17,23H,6-9H2,1H3,(H,18,21)/t12?,13-/m0/s1. The number of hydrogen-bond donors (Lipinski definition) is 3. The number of anilines is 1. The molecule has 0 radical (unpaired) electrons. The van der Waals surface area contributed by atoms with Crippen LogP contribution in [0.25, 0.3) is 0 Å². The number of rotatable bonds is 6. The van der Waals surface area contributed by atoms with E-state index in [4.69, 9.17) is 4.65 Å². The molecule has 2 saturated heterocycles. The van der Waals surface area contributed by atoms with Gasteiger partial charge >= 0.3 is 13.6 Å². The van der Waals surface area contributed by atoms with Crippen LogP contribution in [0.5, 0.6) is 0 Å². The van der Waals surface area contributed by atoms with Gasteiger partial charge in [0.1, 0.15) is 6.04 Å². The molecule has 24 heavy (non-hydrogen) atoms. The van der Waals surface area contributed by atoms with Crippen molar-refractivity contribution in [3.63, 3.8) is 0 Å². The third kappa shape index (κ3) is 3.38.